The highest BCUT2D eigenvalue weighted by Gasteiger charge is 2.32. The highest BCUT2D eigenvalue weighted by molar-refractivity contribution is 5.69. The fourth-order valence-electron chi connectivity index (χ4n) is 1.93. The maximum absolute atomic E-state index is 11.2. The van der Waals surface area contributed by atoms with E-state index in [1.807, 2.05) is 31.2 Å². The number of carbonyl (C=O) groups excluding carboxylic acids is 1. The predicted octanol–water partition coefficient (Wildman–Crippen LogP) is 1.49. The lowest BCUT2D eigenvalue weighted by molar-refractivity contribution is 0.0916. The predicted molar refractivity (Wildman–Crippen MR) is 60.8 cm³/mol. The zero-order chi connectivity index (χ0) is 11.6. The minimum Gasteiger partial charge on any atom is -0.449 e. The van der Waals surface area contributed by atoms with Crippen molar-refractivity contribution in [1.29, 1.82) is 0 Å². The lowest BCUT2D eigenvalue weighted by Gasteiger charge is -2.34. The van der Waals surface area contributed by atoms with E-state index in [0.29, 0.717) is 13.2 Å². The van der Waals surface area contributed by atoms with Crippen molar-refractivity contribution in [3.05, 3.63) is 35.4 Å². The van der Waals surface area contributed by atoms with E-state index in [0.717, 1.165) is 17.5 Å². The number of hydrogen-bond donors (Lipinski definition) is 2. The molecule has 2 rings (SSSR count). The van der Waals surface area contributed by atoms with Gasteiger partial charge in [-0.05, 0) is 18.1 Å². The smallest absolute Gasteiger partial charge is 0.407 e. The highest BCUT2D eigenvalue weighted by Crippen LogP contribution is 2.27. The summed E-state index contributed by atoms with van der Waals surface area (Å²) in [4.78, 5) is 11.2. The topological polar surface area (TPSA) is 64.3 Å². The van der Waals surface area contributed by atoms with Gasteiger partial charge in [0, 0.05) is 13.0 Å². The molecule has 1 aliphatic heterocycles. The number of cyclic esters (lactones) is 1. The van der Waals surface area contributed by atoms with E-state index in [1.165, 1.54) is 0 Å². The third kappa shape index (κ3) is 2.02. The van der Waals surface area contributed by atoms with Gasteiger partial charge in [0.05, 0.1) is 12.1 Å². The maximum atomic E-state index is 11.2. The zero-order valence-corrected chi connectivity index (χ0v) is 9.32. The molecule has 4 heteroatoms. The van der Waals surface area contributed by atoms with Gasteiger partial charge in [0.15, 0.2) is 0 Å². The molecule has 0 spiro atoms. The van der Waals surface area contributed by atoms with E-state index in [1.54, 1.807) is 0 Å². The fourth-order valence-corrected chi connectivity index (χ4v) is 1.93. The van der Waals surface area contributed by atoms with Crippen LogP contribution in [0.1, 0.15) is 24.5 Å². The molecule has 0 aromatic heterocycles. The molecule has 16 heavy (non-hydrogen) atoms. The summed E-state index contributed by atoms with van der Waals surface area (Å²) < 4.78 is 4.88. The van der Waals surface area contributed by atoms with Gasteiger partial charge in [-0.15, -0.1) is 0 Å². The van der Waals surface area contributed by atoms with Gasteiger partial charge in [0.1, 0.15) is 0 Å². The van der Waals surface area contributed by atoms with Crippen LogP contribution in [0, 0.1) is 0 Å². The van der Waals surface area contributed by atoms with Crippen LogP contribution in [0.15, 0.2) is 24.3 Å². The van der Waals surface area contributed by atoms with Crippen LogP contribution in [-0.4, -0.2) is 12.7 Å². The SMILES string of the molecule is CC1(c2cccc(CN)c2)CCOC(=O)N1. The third-order valence-electron chi connectivity index (χ3n) is 3.01. The second kappa shape index (κ2) is 4.14. The number of hydrogen-bond acceptors (Lipinski definition) is 3. The number of ether oxygens (including phenoxy) is 1. The van der Waals surface area contributed by atoms with Crippen LogP contribution in [0.25, 0.3) is 0 Å². The van der Waals surface area contributed by atoms with Crippen molar-refractivity contribution in [1.82, 2.24) is 5.32 Å². The Balaban J connectivity index is 2.30. The number of rotatable bonds is 2. The van der Waals surface area contributed by atoms with Crippen LogP contribution in [-0.2, 0) is 16.8 Å². The van der Waals surface area contributed by atoms with Crippen LogP contribution in [0.2, 0.25) is 0 Å². The van der Waals surface area contributed by atoms with E-state index in [9.17, 15) is 4.79 Å². The van der Waals surface area contributed by atoms with Crippen molar-refractivity contribution in [2.75, 3.05) is 6.61 Å². The van der Waals surface area contributed by atoms with Gasteiger partial charge in [-0.25, -0.2) is 4.79 Å². The minimum absolute atomic E-state index is 0.347. The summed E-state index contributed by atoms with van der Waals surface area (Å²) in [6.45, 7) is 2.96. The van der Waals surface area contributed by atoms with Crippen LogP contribution in [0.3, 0.4) is 0 Å². The average molecular weight is 220 g/mol. The first-order chi connectivity index (χ1) is 7.64. The van der Waals surface area contributed by atoms with Crippen molar-refractivity contribution < 1.29 is 9.53 Å². The van der Waals surface area contributed by atoms with Crippen LogP contribution in [0.4, 0.5) is 4.79 Å². The van der Waals surface area contributed by atoms with E-state index in [2.05, 4.69) is 5.32 Å². The average Bonchev–Trinajstić information content (AvgIpc) is 2.29. The molecular weight excluding hydrogens is 204 g/mol. The Kier molecular flexibility index (Phi) is 2.83. The summed E-state index contributed by atoms with van der Waals surface area (Å²) >= 11 is 0. The van der Waals surface area contributed by atoms with E-state index < -0.39 is 0 Å². The van der Waals surface area contributed by atoms with Gasteiger partial charge >= 0.3 is 6.09 Å². The van der Waals surface area contributed by atoms with Crippen molar-refractivity contribution in [2.24, 2.45) is 5.73 Å². The Bertz CT molecular complexity index is 406. The number of alkyl carbamates (subject to hydrolysis) is 1. The molecule has 1 atom stereocenters. The normalized spacial score (nSPS) is 24.8. The summed E-state index contributed by atoms with van der Waals surface area (Å²) in [7, 11) is 0. The number of nitrogens with two attached hydrogens (primary N) is 1. The molecule has 86 valence electrons. The Morgan fingerprint density at radius 2 is 2.38 bits per heavy atom. The summed E-state index contributed by atoms with van der Waals surface area (Å²) in [5.41, 5.74) is 7.40. The second-order valence-corrected chi connectivity index (χ2v) is 4.25. The fraction of sp³-hybridized carbons (Fsp3) is 0.417. The van der Waals surface area contributed by atoms with E-state index >= 15 is 0 Å². The Morgan fingerprint density at radius 3 is 3.06 bits per heavy atom. The summed E-state index contributed by atoms with van der Waals surface area (Å²) in [5.74, 6) is 0. The van der Waals surface area contributed by atoms with Gasteiger partial charge in [0.25, 0.3) is 0 Å². The first kappa shape index (κ1) is 11.0. The van der Waals surface area contributed by atoms with Crippen molar-refractivity contribution in [3.63, 3.8) is 0 Å². The van der Waals surface area contributed by atoms with E-state index in [-0.39, 0.29) is 11.6 Å². The summed E-state index contributed by atoms with van der Waals surface area (Å²) in [6.07, 6.45) is 0.416. The molecule has 1 fully saturated rings. The van der Waals surface area contributed by atoms with Crippen LogP contribution < -0.4 is 11.1 Å². The molecule has 1 aliphatic rings. The quantitative estimate of drug-likeness (QED) is 0.793. The summed E-state index contributed by atoms with van der Waals surface area (Å²) in [5, 5.41) is 2.86. The van der Waals surface area contributed by atoms with Gasteiger partial charge < -0.3 is 15.8 Å². The van der Waals surface area contributed by atoms with Crippen LogP contribution in [0.5, 0.6) is 0 Å². The second-order valence-electron chi connectivity index (χ2n) is 4.25. The standard InChI is InChI=1S/C12H16N2O2/c1-12(5-6-16-11(15)14-12)10-4-2-3-9(7-10)8-13/h2-4,7H,5-6,8,13H2,1H3,(H,14,15). The van der Waals surface area contributed by atoms with Gasteiger partial charge in [-0.2, -0.15) is 0 Å². The highest BCUT2D eigenvalue weighted by atomic mass is 16.6. The molecule has 0 aliphatic carbocycles. The zero-order valence-electron chi connectivity index (χ0n) is 9.32. The van der Waals surface area contributed by atoms with Crippen molar-refractivity contribution >= 4 is 6.09 Å². The Labute approximate surface area is 94.8 Å². The molecule has 1 unspecified atom stereocenters. The first-order valence-corrected chi connectivity index (χ1v) is 5.38. The molecule has 1 saturated heterocycles. The minimum atomic E-state index is -0.355. The molecule has 0 saturated carbocycles. The van der Waals surface area contributed by atoms with E-state index in [4.69, 9.17) is 10.5 Å². The molecule has 1 aromatic carbocycles. The number of carbonyl (C=O) groups is 1. The molecule has 1 heterocycles. The van der Waals surface area contributed by atoms with Gasteiger partial charge in [-0.3, -0.25) is 0 Å². The third-order valence-corrected chi connectivity index (χ3v) is 3.01. The lowest BCUT2D eigenvalue weighted by atomic mass is 9.87. The largest absolute Gasteiger partial charge is 0.449 e. The number of benzene rings is 1. The lowest BCUT2D eigenvalue weighted by Crippen LogP contribution is -2.48. The molecule has 0 bridgehead atoms. The molecular formula is C12H16N2O2. The van der Waals surface area contributed by atoms with Crippen molar-refractivity contribution in [2.45, 2.75) is 25.4 Å². The maximum Gasteiger partial charge on any atom is 0.407 e. The number of amides is 1. The monoisotopic (exact) mass is 220 g/mol. The number of nitrogens with one attached hydrogen (secondary N) is 1. The molecule has 4 nitrogen and oxygen atoms in total. The van der Waals surface area contributed by atoms with Gasteiger partial charge in [0.2, 0.25) is 0 Å². The molecule has 0 radical (unpaired) electrons. The first-order valence-electron chi connectivity index (χ1n) is 5.38. The van der Waals surface area contributed by atoms with Gasteiger partial charge in [-0.1, -0.05) is 24.3 Å². The summed E-state index contributed by atoms with van der Waals surface area (Å²) in [6, 6.07) is 7.98. The Morgan fingerprint density at radius 1 is 1.56 bits per heavy atom. The molecule has 1 aromatic rings. The van der Waals surface area contributed by atoms with Crippen LogP contribution >= 0.6 is 0 Å². The molecule has 1 amide bonds. The van der Waals surface area contributed by atoms with Crippen molar-refractivity contribution in [3.8, 4) is 0 Å². The Hall–Kier alpha value is -1.55. The molecule has 3 N–H and O–H groups in total.